The van der Waals surface area contributed by atoms with Crippen molar-refractivity contribution >= 4 is 11.8 Å². The number of rotatable bonds is 14. The third-order valence-corrected chi connectivity index (χ3v) is 4.38. The number of thioether (sulfide) groups is 1. The van der Waals surface area contributed by atoms with E-state index in [0.717, 1.165) is 6.61 Å². The Morgan fingerprint density at radius 2 is 1.28 bits per heavy atom. The van der Waals surface area contributed by atoms with Gasteiger partial charge in [0.05, 0.1) is 5.44 Å². The van der Waals surface area contributed by atoms with E-state index in [1.54, 1.807) is 0 Å². The van der Waals surface area contributed by atoms with Crippen LogP contribution >= 0.6 is 11.8 Å². The molecule has 0 rings (SSSR count). The molecule has 0 aliphatic carbocycles. The van der Waals surface area contributed by atoms with Gasteiger partial charge in [0.25, 0.3) is 0 Å². The van der Waals surface area contributed by atoms with Gasteiger partial charge >= 0.3 is 0 Å². The first-order valence-corrected chi connectivity index (χ1v) is 9.09. The van der Waals surface area contributed by atoms with E-state index in [1.165, 1.54) is 70.0 Å². The molecule has 0 N–H and O–H groups in total. The monoisotopic (exact) mass is 274 g/mol. The zero-order valence-electron chi connectivity index (χ0n) is 12.9. The maximum absolute atomic E-state index is 5.50. The zero-order valence-corrected chi connectivity index (χ0v) is 13.7. The van der Waals surface area contributed by atoms with Gasteiger partial charge in [-0.15, -0.1) is 11.8 Å². The van der Waals surface area contributed by atoms with Crippen LogP contribution in [0.4, 0.5) is 0 Å². The van der Waals surface area contributed by atoms with E-state index in [2.05, 4.69) is 20.8 Å². The van der Waals surface area contributed by atoms with E-state index in [1.807, 2.05) is 11.8 Å². The lowest BCUT2D eigenvalue weighted by atomic mass is 10.1. The minimum atomic E-state index is 0.383. The lowest BCUT2D eigenvalue weighted by Gasteiger charge is -2.10. The number of ether oxygens (including phenoxy) is 1. The molecule has 1 atom stereocenters. The van der Waals surface area contributed by atoms with Crippen molar-refractivity contribution in [2.75, 3.05) is 12.4 Å². The number of hydrogen-bond acceptors (Lipinski definition) is 2. The van der Waals surface area contributed by atoms with Crippen LogP contribution in [-0.2, 0) is 4.74 Å². The van der Waals surface area contributed by atoms with E-state index in [-0.39, 0.29) is 0 Å². The molecule has 18 heavy (non-hydrogen) atoms. The van der Waals surface area contributed by atoms with Crippen LogP contribution in [0.5, 0.6) is 0 Å². The molecule has 110 valence electrons. The molecule has 0 aromatic rings. The first-order valence-electron chi connectivity index (χ1n) is 8.04. The Hall–Kier alpha value is 0.310. The lowest BCUT2D eigenvalue weighted by Crippen LogP contribution is -2.03. The quantitative estimate of drug-likeness (QED) is 0.283. The smallest absolute Gasteiger partial charge is 0.0999 e. The van der Waals surface area contributed by atoms with Crippen LogP contribution in [0.2, 0.25) is 0 Å². The molecule has 0 fully saturated rings. The van der Waals surface area contributed by atoms with E-state index >= 15 is 0 Å². The highest BCUT2D eigenvalue weighted by Gasteiger charge is 2.00. The van der Waals surface area contributed by atoms with Gasteiger partial charge in [-0.3, -0.25) is 0 Å². The summed E-state index contributed by atoms with van der Waals surface area (Å²) in [5.41, 5.74) is 0.383. The van der Waals surface area contributed by atoms with Gasteiger partial charge in [-0.25, -0.2) is 0 Å². The fourth-order valence-electron chi connectivity index (χ4n) is 2.12. The number of unbranched alkanes of at least 4 members (excludes halogenated alkanes) is 9. The molecule has 0 saturated carbocycles. The molecule has 0 amide bonds. The Balaban J connectivity index is 2.98. The number of hydrogen-bond donors (Lipinski definition) is 0. The molecule has 0 saturated heterocycles. The minimum Gasteiger partial charge on any atom is -0.368 e. The molecule has 0 radical (unpaired) electrons. The summed E-state index contributed by atoms with van der Waals surface area (Å²) in [5, 5.41) is 0. The molecule has 0 aliphatic heterocycles. The maximum atomic E-state index is 5.50. The summed E-state index contributed by atoms with van der Waals surface area (Å²) in [6, 6.07) is 0. The molecular formula is C16H34OS. The Labute approximate surface area is 119 Å². The normalized spacial score (nSPS) is 12.8. The second kappa shape index (κ2) is 15.4. The van der Waals surface area contributed by atoms with Crippen molar-refractivity contribution in [2.45, 2.75) is 90.4 Å². The van der Waals surface area contributed by atoms with Gasteiger partial charge in [0.2, 0.25) is 0 Å². The van der Waals surface area contributed by atoms with Crippen molar-refractivity contribution in [2.24, 2.45) is 0 Å². The van der Waals surface area contributed by atoms with Crippen LogP contribution in [0.3, 0.4) is 0 Å². The Morgan fingerprint density at radius 1 is 0.778 bits per heavy atom. The fourth-order valence-corrected chi connectivity index (χ4v) is 3.06. The van der Waals surface area contributed by atoms with Crippen molar-refractivity contribution in [3.05, 3.63) is 0 Å². The van der Waals surface area contributed by atoms with Gasteiger partial charge in [0, 0.05) is 6.61 Å². The molecule has 0 aromatic carbocycles. The Bertz CT molecular complexity index is 150. The van der Waals surface area contributed by atoms with Crippen molar-refractivity contribution in [1.82, 2.24) is 0 Å². The summed E-state index contributed by atoms with van der Waals surface area (Å²) < 4.78 is 5.50. The first kappa shape index (κ1) is 18.3. The molecule has 2 heteroatoms. The van der Waals surface area contributed by atoms with Gasteiger partial charge in [-0.1, -0.05) is 64.7 Å². The second-order valence-electron chi connectivity index (χ2n) is 5.08. The van der Waals surface area contributed by atoms with Crippen LogP contribution in [0, 0.1) is 0 Å². The van der Waals surface area contributed by atoms with Crippen molar-refractivity contribution < 1.29 is 4.74 Å². The predicted molar refractivity (Wildman–Crippen MR) is 85.4 cm³/mol. The third-order valence-electron chi connectivity index (χ3n) is 3.25. The Morgan fingerprint density at radius 3 is 1.78 bits per heavy atom. The molecule has 1 unspecified atom stereocenters. The van der Waals surface area contributed by atoms with Gasteiger partial charge in [0.15, 0.2) is 0 Å². The highest BCUT2D eigenvalue weighted by Crippen LogP contribution is 2.16. The van der Waals surface area contributed by atoms with Crippen LogP contribution in [0.25, 0.3) is 0 Å². The molecule has 0 heterocycles. The highest BCUT2D eigenvalue weighted by atomic mass is 32.2. The van der Waals surface area contributed by atoms with Crippen molar-refractivity contribution in [3.63, 3.8) is 0 Å². The summed E-state index contributed by atoms with van der Waals surface area (Å²) in [4.78, 5) is 0. The summed E-state index contributed by atoms with van der Waals surface area (Å²) in [5.74, 6) is 1.26. The van der Waals surface area contributed by atoms with Crippen LogP contribution in [0.15, 0.2) is 0 Å². The summed E-state index contributed by atoms with van der Waals surface area (Å²) in [7, 11) is 0. The highest BCUT2D eigenvalue weighted by molar-refractivity contribution is 7.99. The van der Waals surface area contributed by atoms with Gasteiger partial charge in [-0.2, -0.15) is 0 Å². The molecule has 0 spiro atoms. The largest absolute Gasteiger partial charge is 0.368 e. The molecular weight excluding hydrogens is 240 g/mol. The SMILES string of the molecule is CCCCCCCCCCCCSC(C)OCC. The van der Waals surface area contributed by atoms with Gasteiger partial charge < -0.3 is 4.74 Å². The van der Waals surface area contributed by atoms with E-state index < -0.39 is 0 Å². The minimum absolute atomic E-state index is 0.383. The van der Waals surface area contributed by atoms with E-state index in [4.69, 9.17) is 4.74 Å². The molecule has 0 bridgehead atoms. The standard InChI is InChI=1S/C16H34OS/c1-4-6-7-8-9-10-11-12-13-14-15-18-16(3)17-5-2/h16H,4-15H2,1-3H3. The molecule has 0 aliphatic rings. The summed E-state index contributed by atoms with van der Waals surface area (Å²) in [6.45, 7) is 7.35. The molecule has 1 nitrogen and oxygen atoms in total. The lowest BCUT2D eigenvalue weighted by molar-refractivity contribution is 0.137. The molecule has 0 aromatic heterocycles. The maximum Gasteiger partial charge on any atom is 0.0999 e. The fraction of sp³-hybridized carbons (Fsp3) is 1.00. The van der Waals surface area contributed by atoms with Gasteiger partial charge in [0.1, 0.15) is 0 Å². The van der Waals surface area contributed by atoms with Crippen LogP contribution < -0.4 is 0 Å². The third kappa shape index (κ3) is 14.4. The van der Waals surface area contributed by atoms with Crippen molar-refractivity contribution in [3.8, 4) is 0 Å². The topological polar surface area (TPSA) is 9.23 Å². The van der Waals surface area contributed by atoms with E-state index in [9.17, 15) is 0 Å². The summed E-state index contributed by atoms with van der Waals surface area (Å²) >= 11 is 1.96. The van der Waals surface area contributed by atoms with Crippen LogP contribution in [0.1, 0.15) is 85.0 Å². The first-order chi connectivity index (χ1) is 8.81. The average Bonchev–Trinajstić information content (AvgIpc) is 2.36. The van der Waals surface area contributed by atoms with Crippen LogP contribution in [-0.4, -0.2) is 17.8 Å². The predicted octanol–water partition coefficient (Wildman–Crippen LogP) is 6.02. The Kier molecular flexibility index (Phi) is 15.6. The summed E-state index contributed by atoms with van der Waals surface area (Å²) in [6.07, 6.45) is 14.2. The van der Waals surface area contributed by atoms with Crippen molar-refractivity contribution in [1.29, 1.82) is 0 Å². The van der Waals surface area contributed by atoms with E-state index in [0.29, 0.717) is 5.44 Å². The van der Waals surface area contributed by atoms with Gasteiger partial charge in [-0.05, 0) is 26.0 Å². The average molecular weight is 275 g/mol. The second-order valence-corrected chi connectivity index (χ2v) is 6.48. The zero-order chi connectivity index (χ0) is 13.5.